The molecule has 4 heterocycles. The highest BCUT2D eigenvalue weighted by atomic mass is 16.5. The van der Waals surface area contributed by atoms with Crippen molar-refractivity contribution in [3.8, 4) is 5.75 Å². The normalized spacial score (nSPS) is 27.9. The minimum absolute atomic E-state index is 0.0386. The molecule has 1 aromatic heterocycles. The van der Waals surface area contributed by atoms with Crippen LogP contribution in [0.25, 0.3) is 0 Å². The standard InChI is InChI=1S/C22H23N3O4/c1-14-10-16(18(28-2)12-23-14)21(27)24-9-8-22-19(24)11-20(26)25(22)17(13-29-22)15-6-4-3-5-7-15/h3-7,10,12,17,19H,8-9,11,13H2,1-2H3/t17-,19+,22-/m0/s1. The lowest BCUT2D eigenvalue weighted by Gasteiger charge is -2.33. The predicted octanol–water partition coefficient (Wildman–Crippen LogP) is 2.31. The molecule has 0 bridgehead atoms. The predicted molar refractivity (Wildman–Crippen MR) is 104 cm³/mol. The van der Waals surface area contributed by atoms with Crippen molar-refractivity contribution in [1.82, 2.24) is 14.8 Å². The van der Waals surface area contributed by atoms with Crippen molar-refractivity contribution in [2.45, 2.75) is 37.6 Å². The molecule has 1 aromatic carbocycles. The largest absolute Gasteiger partial charge is 0.494 e. The smallest absolute Gasteiger partial charge is 0.258 e. The van der Waals surface area contributed by atoms with Crippen LogP contribution in [0.15, 0.2) is 42.6 Å². The Bertz CT molecular complexity index is 979. The van der Waals surface area contributed by atoms with E-state index in [4.69, 9.17) is 9.47 Å². The zero-order valence-corrected chi connectivity index (χ0v) is 16.5. The number of likely N-dealkylation sites (tertiary alicyclic amines) is 1. The molecule has 1 spiro atoms. The summed E-state index contributed by atoms with van der Waals surface area (Å²) in [4.78, 5) is 34.3. The second-order valence-electron chi connectivity index (χ2n) is 7.84. The van der Waals surface area contributed by atoms with Crippen LogP contribution in [0.1, 0.15) is 40.5 Å². The number of amides is 2. The molecule has 2 aromatic rings. The van der Waals surface area contributed by atoms with Crippen molar-refractivity contribution in [2.24, 2.45) is 0 Å². The van der Waals surface area contributed by atoms with E-state index in [1.807, 2.05) is 42.2 Å². The van der Waals surface area contributed by atoms with Gasteiger partial charge in [0, 0.05) is 18.7 Å². The first-order valence-electron chi connectivity index (χ1n) is 9.88. The van der Waals surface area contributed by atoms with Gasteiger partial charge in [-0.1, -0.05) is 30.3 Å². The Balaban J connectivity index is 1.48. The number of rotatable bonds is 3. The molecule has 7 nitrogen and oxygen atoms in total. The van der Waals surface area contributed by atoms with Gasteiger partial charge in [0.25, 0.3) is 5.91 Å². The van der Waals surface area contributed by atoms with Crippen LogP contribution in [-0.4, -0.2) is 58.6 Å². The molecule has 7 heteroatoms. The molecule has 3 aliphatic heterocycles. The lowest BCUT2D eigenvalue weighted by Crippen LogP contribution is -2.49. The van der Waals surface area contributed by atoms with Crippen molar-refractivity contribution in [3.63, 3.8) is 0 Å². The van der Waals surface area contributed by atoms with Crippen LogP contribution in [0, 0.1) is 6.92 Å². The van der Waals surface area contributed by atoms with Crippen LogP contribution in [0.5, 0.6) is 5.75 Å². The molecule has 3 aliphatic rings. The summed E-state index contributed by atoms with van der Waals surface area (Å²) in [5, 5.41) is 0. The molecule has 150 valence electrons. The van der Waals surface area contributed by atoms with Crippen LogP contribution in [0.4, 0.5) is 0 Å². The first-order chi connectivity index (χ1) is 14.0. The maximum Gasteiger partial charge on any atom is 0.258 e. The van der Waals surface area contributed by atoms with Crippen LogP contribution in [-0.2, 0) is 9.53 Å². The Morgan fingerprint density at radius 2 is 2.10 bits per heavy atom. The number of nitrogens with zero attached hydrogens (tertiary/aromatic N) is 3. The third-order valence-corrected chi connectivity index (χ3v) is 6.35. The number of pyridine rings is 1. The van der Waals surface area contributed by atoms with E-state index in [9.17, 15) is 9.59 Å². The molecule has 0 aliphatic carbocycles. The molecule has 0 N–H and O–H groups in total. The van der Waals surface area contributed by atoms with E-state index < -0.39 is 5.72 Å². The zero-order valence-electron chi connectivity index (χ0n) is 16.5. The van der Waals surface area contributed by atoms with E-state index in [1.54, 1.807) is 17.2 Å². The fourth-order valence-corrected chi connectivity index (χ4v) is 5.04. The Labute approximate surface area is 169 Å². The van der Waals surface area contributed by atoms with Gasteiger partial charge in [-0.25, -0.2) is 0 Å². The number of hydrogen-bond donors (Lipinski definition) is 0. The Morgan fingerprint density at radius 1 is 1.31 bits per heavy atom. The molecule has 3 fully saturated rings. The second-order valence-corrected chi connectivity index (χ2v) is 7.84. The molecular weight excluding hydrogens is 370 g/mol. The average Bonchev–Trinajstić information content (AvgIpc) is 3.37. The van der Waals surface area contributed by atoms with Gasteiger partial charge in [-0.2, -0.15) is 0 Å². The molecule has 3 saturated heterocycles. The van der Waals surface area contributed by atoms with Gasteiger partial charge in [0.1, 0.15) is 5.75 Å². The van der Waals surface area contributed by atoms with Crippen LogP contribution < -0.4 is 4.74 Å². The average molecular weight is 393 g/mol. The monoisotopic (exact) mass is 393 g/mol. The topological polar surface area (TPSA) is 72.0 Å². The number of aromatic nitrogens is 1. The summed E-state index contributed by atoms with van der Waals surface area (Å²) in [5.74, 6) is 0.338. The quantitative estimate of drug-likeness (QED) is 0.800. The number of carbonyl (C=O) groups is 2. The van der Waals surface area contributed by atoms with Gasteiger partial charge in [0.2, 0.25) is 5.91 Å². The molecule has 2 amide bonds. The van der Waals surface area contributed by atoms with Crippen molar-refractivity contribution < 1.29 is 19.1 Å². The van der Waals surface area contributed by atoms with Gasteiger partial charge in [0.05, 0.1) is 44.0 Å². The van der Waals surface area contributed by atoms with Gasteiger partial charge in [0.15, 0.2) is 5.72 Å². The minimum Gasteiger partial charge on any atom is -0.494 e. The van der Waals surface area contributed by atoms with Gasteiger partial charge >= 0.3 is 0 Å². The summed E-state index contributed by atoms with van der Waals surface area (Å²) in [7, 11) is 1.53. The van der Waals surface area contributed by atoms with E-state index in [2.05, 4.69) is 4.98 Å². The number of ether oxygens (including phenoxy) is 2. The van der Waals surface area contributed by atoms with E-state index in [0.29, 0.717) is 30.9 Å². The number of benzene rings is 1. The third-order valence-electron chi connectivity index (χ3n) is 6.35. The van der Waals surface area contributed by atoms with Crippen LogP contribution >= 0.6 is 0 Å². The lowest BCUT2D eigenvalue weighted by atomic mass is 10.0. The zero-order chi connectivity index (χ0) is 20.2. The first-order valence-corrected chi connectivity index (χ1v) is 9.88. The minimum atomic E-state index is -0.734. The van der Waals surface area contributed by atoms with Crippen molar-refractivity contribution >= 4 is 11.8 Å². The summed E-state index contributed by atoms with van der Waals surface area (Å²) >= 11 is 0. The molecular formula is C22H23N3O4. The molecule has 5 rings (SSSR count). The maximum atomic E-state index is 13.4. The van der Waals surface area contributed by atoms with Gasteiger partial charge < -0.3 is 19.3 Å². The number of methoxy groups -OCH3 is 1. The molecule has 29 heavy (non-hydrogen) atoms. The summed E-state index contributed by atoms with van der Waals surface area (Å²) in [6.07, 6.45) is 2.46. The highest BCUT2D eigenvalue weighted by Crippen LogP contribution is 2.51. The molecule has 0 radical (unpaired) electrons. The lowest BCUT2D eigenvalue weighted by molar-refractivity contribution is -0.138. The summed E-state index contributed by atoms with van der Waals surface area (Å²) in [5.41, 5.74) is 1.55. The molecule has 0 saturated carbocycles. The first kappa shape index (κ1) is 18.1. The van der Waals surface area contributed by atoms with Crippen molar-refractivity contribution in [1.29, 1.82) is 0 Å². The van der Waals surface area contributed by atoms with E-state index >= 15 is 0 Å². The summed E-state index contributed by atoms with van der Waals surface area (Å²) in [6, 6.07) is 11.3. The van der Waals surface area contributed by atoms with Crippen molar-refractivity contribution in [2.75, 3.05) is 20.3 Å². The maximum absolute atomic E-state index is 13.4. The fraction of sp³-hybridized carbons (Fsp3) is 0.409. The fourth-order valence-electron chi connectivity index (χ4n) is 5.04. The summed E-state index contributed by atoms with van der Waals surface area (Å²) in [6.45, 7) is 2.83. The molecule has 0 unspecified atom stereocenters. The molecule has 3 atom stereocenters. The second kappa shape index (κ2) is 6.56. The number of hydrogen-bond acceptors (Lipinski definition) is 5. The van der Waals surface area contributed by atoms with Crippen LogP contribution in [0.3, 0.4) is 0 Å². The van der Waals surface area contributed by atoms with E-state index in [0.717, 1.165) is 11.3 Å². The van der Waals surface area contributed by atoms with Crippen molar-refractivity contribution in [3.05, 3.63) is 59.4 Å². The highest BCUT2D eigenvalue weighted by Gasteiger charge is 2.65. The highest BCUT2D eigenvalue weighted by molar-refractivity contribution is 5.98. The number of carbonyl (C=O) groups excluding carboxylic acids is 2. The number of aryl methyl sites for hydroxylation is 1. The SMILES string of the molecule is COc1cnc(C)cc1C(=O)N1CC[C@@]23OC[C@@H](c4ccccc4)N2C(=O)C[C@@H]13. The van der Waals surface area contributed by atoms with Crippen LogP contribution in [0.2, 0.25) is 0 Å². The Kier molecular flexibility index (Phi) is 4.10. The van der Waals surface area contributed by atoms with Gasteiger partial charge in [-0.3, -0.25) is 14.6 Å². The Morgan fingerprint density at radius 3 is 2.86 bits per heavy atom. The Hall–Kier alpha value is -2.93. The van der Waals surface area contributed by atoms with E-state index in [-0.39, 0.29) is 30.3 Å². The van der Waals surface area contributed by atoms with E-state index in [1.165, 1.54) is 7.11 Å². The van der Waals surface area contributed by atoms with Gasteiger partial charge in [-0.15, -0.1) is 0 Å². The third kappa shape index (κ3) is 2.57. The van der Waals surface area contributed by atoms with Gasteiger partial charge in [-0.05, 0) is 18.6 Å². The summed E-state index contributed by atoms with van der Waals surface area (Å²) < 4.78 is 11.6.